The average molecular weight is 609 g/mol. The maximum Gasteiger partial charge on any atom is 0.534 e. The summed E-state index contributed by atoms with van der Waals surface area (Å²) in [6.45, 7) is 5.57. The van der Waals surface area contributed by atoms with Crippen LogP contribution in [0, 0.1) is 23.5 Å². The van der Waals surface area contributed by atoms with Gasteiger partial charge in [0, 0.05) is 0 Å². The van der Waals surface area contributed by atoms with Crippen molar-refractivity contribution >= 4 is 10.1 Å². The first kappa shape index (κ1) is 33.1. The molecule has 2 aliphatic rings. The molecule has 0 radical (unpaired) electrons. The molecule has 0 saturated carbocycles. The molecule has 2 aromatic rings. The summed E-state index contributed by atoms with van der Waals surface area (Å²) in [5, 5.41) is 9.14. The van der Waals surface area contributed by atoms with Crippen LogP contribution in [0.3, 0.4) is 0 Å². The van der Waals surface area contributed by atoms with Crippen molar-refractivity contribution in [3.8, 4) is 11.5 Å². The molecule has 2 aliphatic heterocycles. The number of alkyl halides is 3. The van der Waals surface area contributed by atoms with E-state index in [9.17, 15) is 30.4 Å². The Balaban J connectivity index is 0.000000239. The minimum Gasteiger partial charge on any atom is -0.505 e. The van der Waals surface area contributed by atoms with Crippen LogP contribution in [0.2, 0.25) is 0 Å². The molecule has 2 aromatic carbocycles. The molecule has 2 saturated heterocycles. The molecular formula is C29H37F5O6S. The highest BCUT2D eigenvalue weighted by Gasteiger charge is 2.49. The van der Waals surface area contributed by atoms with Gasteiger partial charge < -0.3 is 18.8 Å². The lowest BCUT2D eigenvalue weighted by atomic mass is 9.92. The molecule has 230 valence electrons. The van der Waals surface area contributed by atoms with Crippen molar-refractivity contribution in [2.45, 2.75) is 82.9 Å². The second-order valence-electron chi connectivity index (χ2n) is 10.5. The highest BCUT2D eigenvalue weighted by Crippen LogP contribution is 2.36. The Hall–Kier alpha value is -2.44. The molecule has 4 atom stereocenters. The second-order valence-corrected chi connectivity index (χ2v) is 12.0. The molecule has 12 heteroatoms. The fraction of sp³-hybridized carbons (Fsp3) is 0.586. The van der Waals surface area contributed by atoms with Gasteiger partial charge in [-0.2, -0.15) is 21.6 Å². The Labute approximate surface area is 237 Å². The van der Waals surface area contributed by atoms with E-state index >= 15 is 0 Å². The maximum atomic E-state index is 13.9. The van der Waals surface area contributed by atoms with Crippen LogP contribution >= 0.6 is 0 Å². The molecule has 0 aromatic heterocycles. The van der Waals surface area contributed by atoms with E-state index in [0.717, 1.165) is 56.4 Å². The average Bonchev–Trinajstić information content (AvgIpc) is 2.92. The monoisotopic (exact) mass is 608 g/mol. The summed E-state index contributed by atoms with van der Waals surface area (Å²) in [7, 11) is -5.90. The Morgan fingerprint density at radius 3 is 1.71 bits per heavy atom. The molecule has 0 aliphatic carbocycles. The molecule has 1 N–H and O–H groups in total. The summed E-state index contributed by atoms with van der Waals surface area (Å²) < 4.78 is 101. The zero-order chi connectivity index (χ0) is 30.2. The molecule has 0 amide bonds. The molecule has 2 fully saturated rings. The first-order valence-electron chi connectivity index (χ1n) is 13.9. The molecule has 2 heterocycles. The third-order valence-electron chi connectivity index (χ3n) is 7.29. The summed E-state index contributed by atoms with van der Waals surface area (Å²) in [5.74, 6) is -1.93. The van der Waals surface area contributed by atoms with Crippen LogP contribution in [0.4, 0.5) is 22.0 Å². The van der Waals surface area contributed by atoms with Gasteiger partial charge in [0.25, 0.3) is 0 Å². The molecule has 4 rings (SSSR count). The van der Waals surface area contributed by atoms with Gasteiger partial charge in [-0.05, 0) is 85.8 Å². The molecule has 6 nitrogen and oxygen atoms in total. The lowest BCUT2D eigenvalue weighted by Gasteiger charge is -2.29. The fourth-order valence-corrected chi connectivity index (χ4v) is 5.55. The topological polar surface area (TPSA) is 82.1 Å². The Morgan fingerprint density at radius 1 is 0.829 bits per heavy atom. The Kier molecular flexibility index (Phi) is 11.8. The van der Waals surface area contributed by atoms with Gasteiger partial charge in [0.05, 0.1) is 25.4 Å². The van der Waals surface area contributed by atoms with Gasteiger partial charge in [-0.15, -0.1) is 0 Å². The Morgan fingerprint density at radius 2 is 1.32 bits per heavy atom. The second kappa shape index (κ2) is 14.6. The van der Waals surface area contributed by atoms with Gasteiger partial charge in [-0.1, -0.05) is 38.8 Å². The summed E-state index contributed by atoms with van der Waals surface area (Å²) in [5.41, 5.74) is -4.34. The first-order valence-corrected chi connectivity index (χ1v) is 15.3. The van der Waals surface area contributed by atoms with E-state index < -0.39 is 33.0 Å². The first-order chi connectivity index (χ1) is 19.3. The van der Waals surface area contributed by atoms with Crippen LogP contribution in [0.25, 0.3) is 0 Å². The van der Waals surface area contributed by atoms with Gasteiger partial charge in [0.15, 0.2) is 23.1 Å². The van der Waals surface area contributed by atoms with Gasteiger partial charge in [-0.25, -0.2) is 8.78 Å². The van der Waals surface area contributed by atoms with Crippen molar-refractivity contribution < 1.29 is 49.1 Å². The quantitative estimate of drug-likeness (QED) is 0.185. The van der Waals surface area contributed by atoms with Gasteiger partial charge in [0.2, 0.25) is 0 Å². The van der Waals surface area contributed by atoms with Crippen LogP contribution in [-0.2, 0) is 19.6 Å². The van der Waals surface area contributed by atoms with Crippen molar-refractivity contribution in [2.75, 3.05) is 13.2 Å². The molecule has 41 heavy (non-hydrogen) atoms. The van der Waals surface area contributed by atoms with Gasteiger partial charge in [0.1, 0.15) is 0 Å². The number of hydrogen-bond donors (Lipinski definition) is 1. The van der Waals surface area contributed by atoms with Crippen LogP contribution in [0.1, 0.15) is 88.5 Å². The largest absolute Gasteiger partial charge is 0.534 e. The van der Waals surface area contributed by atoms with Crippen molar-refractivity contribution in [2.24, 2.45) is 11.8 Å². The van der Waals surface area contributed by atoms with Crippen molar-refractivity contribution in [3.05, 3.63) is 59.2 Å². The van der Waals surface area contributed by atoms with Crippen molar-refractivity contribution in [1.82, 2.24) is 0 Å². The van der Waals surface area contributed by atoms with Gasteiger partial charge in [-0.3, -0.25) is 0 Å². The summed E-state index contributed by atoms with van der Waals surface area (Å²) >= 11 is 0. The lowest BCUT2D eigenvalue weighted by molar-refractivity contribution is -0.0501. The van der Waals surface area contributed by atoms with Crippen LogP contribution < -0.4 is 4.18 Å². The number of phenols is 1. The van der Waals surface area contributed by atoms with Crippen molar-refractivity contribution in [3.63, 3.8) is 0 Å². The third kappa shape index (κ3) is 9.27. The fourth-order valence-electron chi connectivity index (χ4n) is 5.08. The lowest BCUT2D eigenvalue weighted by Crippen LogP contribution is -2.28. The predicted molar refractivity (Wildman–Crippen MR) is 143 cm³/mol. The predicted octanol–water partition coefficient (Wildman–Crippen LogP) is 8.12. The van der Waals surface area contributed by atoms with E-state index in [0.29, 0.717) is 30.4 Å². The minimum absolute atomic E-state index is 0.0155. The van der Waals surface area contributed by atoms with E-state index in [-0.39, 0.29) is 18.0 Å². The van der Waals surface area contributed by atoms with Crippen LogP contribution in [0.15, 0.2) is 36.4 Å². The number of ether oxygens (including phenoxy) is 2. The summed E-state index contributed by atoms with van der Waals surface area (Å²) in [6, 6.07) is 7.64. The molecular weight excluding hydrogens is 571 g/mol. The number of halogens is 5. The normalized spacial score (nSPS) is 23.4. The highest BCUT2D eigenvalue weighted by molar-refractivity contribution is 7.88. The van der Waals surface area contributed by atoms with E-state index in [1.54, 1.807) is 6.07 Å². The third-order valence-corrected chi connectivity index (χ3v) is 8.25. The highest BCUT2D eigenvalue weighted by atomic mass is 32.2. The SMILES string of the molecule is CCCC1CCC(c2ccc(O)c(F)c2)OC1.CCCC1CCC(c2ccc(OS(=O)(=O)C(F)(F)F)c(F)c2)OC1. The summed E-state index contributed by atoms with van der Waals surface area (Å²) in [4.78, 5) is 0. The molecule has 4 unspecified atom stereocenters. The van der Waals surface area contributed by atoms with E-state index in [4.69, 9.17) is 14.6 Å². The number of aromatic hydroxyl groups is 1. The summed E-state index contributed by atoms with van der Waals surface area (Å²) in [6.07, 6.45) is 7.78. The number of benzene rings is 2. The van der Waals surface area contributed by atoms with Gasteiger partial charge >= 0.3 is 15.6 Å². The standard InChI is InChI=1S/C15H18F4O4S.C14H19FO2/c1-2-3-10-4-6-13(22-9-10)11-5-7-14(12(16)8-11)23-24(20,21)15(17,18)19;1-2-3-10-4-7-14(17-9-10)11-5-6-13(16)12(15)8-11/h5,7-8,10,13H,2-4,6,9H2,1H3;5-6,8,10,14,16H,2-4,7,9H2,1H3. The number of hydrogen-bond acceptors (Lipinski definition) is 6. The Bertz CT molecular complexity index is 1220. The number of phenolic OH excluding ortho intramolecular Hbond substituents is 1. The van der Waals surface area contributed by atoms with Crippen LogP contribution in [0.5, 0.6) is 11.5 Å². The zero-order valence-electron chi connectivity index (χ0n) is 23.1. The zero-order valence-corrected chi connectivity index (χ0v) is 23.9. The van der Waals surface area contributed by atoms with Crippen LogP contribution in [-0.4, -0.2) is 32.2 Å². The maximum absolute atomic E-state index is 13.9. The number of rotatable bonds is 8. The molecule has 0 bridgehead atoms. The van der Waals surface area contributed by atoms with E-state index in [1.165, 1.54) is 31.0 Å². The molecule has 0 spiro atoms. The van der Waals surface area contributed by atoms with E-state index in [1.807, 2.05) is 0 Å². The van der Waals surface area contributed by atoms with E-state index in [2.05, 4.69) is 18.0 Å². The minimum atomic E-state index is -5.90. The van der Waals surface area contributed by atoms with Crippen molar-refractivity contribution in [1.29, 1.82) is 0 Å². The smallest absolute Gasteiger partial charge is 0.505 e.